The second kappa shape index (κ2) is 7.58. The molecule has 1 rings (SSSR count). The number of phenols is 1. The van der Waals surface area contributed by atoms with E-state index in [1.54, 1.807) is 12.1 Å². The Hall–Kier alpha value is -0.970. The summed E-state index contributed by atoms with van der Waals surface area (Å²) in [7, 11) is 5.63. The zero-order valence-corrected chi connectivity index (χ0v) is 12.8. The minimum atomic E-state index is 0.152. The van der Waals surface area contributed by atoms with Crippen LogP contribution in [0.25, 0.3) is 0 Å². The number of hydrogen-bond donors (Lipinski definition) is 2. The summed E-state index contributed by atoms with van der Waals surface area (Å²) >= 11 is 5.99. The molecule has 0 fully saturated rings. The van der Waals surface area contributed by atoms with Crippen molar-refractivity contribution in [2.24, 2.45) is 0 Å². The van der Waals surface area contributed by atoms with Gasteiger partial charge in [-0.15, -0.1) is 0 Å². The van der Waals surface area contributed by atoms with E-state index in [0.29, 0.717) is 23.4 Å². The van der Waals surface area contributed by atoms with Gasteiger partial charge in [0.2, 0.25) is 0 Å². The van der Waals surface area contributed by atoms with Crippen molar-refractivity contribution in [1.29, 1.82) is 0 Å². The number of aromatic hydroxyl groups is 1. The van der Waals surface area contributed by atoms with Crippen LogP contribution >= 0.6 is 11.6 Å². The van der Waals surface area contributed by atoms with Crippen molar-refractivity contribution in [2.75, 3.05) is 27.7 Å². The van der Waals surface area contributed by atoms with Gasteiger partial charge in [0.1, 0.15) is 0 Å². The van der Waals surface area contributed by atoms with Crippen molar-refractivity contribution in [2.45, 2.75) is 25.9 Å². The molecule has 0 aliphatic carbocycles. The Morgan fingerprint density at radius 2 is 2.11 bits per heavy atom. The largest absolute Gasteiger partial charge is 0.504 e. The third-order valence-electron chi connectivity index (χ3n) is 2.99. The van der Waals surface area contributed by atoms with Crippen molar-refractivity contribution < 1.29 is 9.84 Å². The standard InChI is InChI=1S/C14H23ClN2O2/c1-10(5-6-17(2)3)16-9-11-7-12(15)8-13(19-4)14(11)18/h7-8,10,16,18H,5-6,9H2,1-4H3. The van der Waals surface area contributed by atoms with E-state index in [4.69, 9.17) is 16.3 Å². The number of methoxy groups -OCH3 is 1. The molecule has 0 aliphatic heterocycles. The first-order valence-electron chi connectivity index (χ1n) is 6.37. The van der Waals surface area contributed by atoms with Gasteiger partial charge in [0.05, 0.1) is 7.11 Å². The molecule has 108 valence electrons. The number of nitrogens with zero attached hydrogens (tertiary/aromatic N) is 1. The van der Waals surface area contributed by atoms with Crippen LogP contribution in [0, 0.1) is 0 Å². The molecule has 1 atom stereocenters. The zero-order valence-electron chi connectivity index (χ0n) is 12.0. The summed E-state index contributed by atoms with van der Waals surface area (Å²) in [6, 6.07) is 3.73. The van der Waals surface area contributed by atoms with Gasteiger partial charge in [0.15, 0.2) is 11.5 Å². The predicted octanol–water partition coefficient (Wildman–Crippen LogP) is 2.48. The number of benzene rings is 1. The van der Waals surface area contributed by atoms with Crippen LogP contribution < -0.4 is 10.1 Å². The lowest BCUT2D eigenvalue weighted by Crippen LogP contribution is -2.29. The average molecular weight is 287 g/mol. The van der Waals surface area contributed by atoms with E-state index in [1.807, 2.05) is 0 Å². The van der Waals surface area contributed by atoms with Crippen molar-refractivity contribution in [3.8, 4) is 11.5 Å². The summed E-state index contributed by atoms with van der Waals surface area (Å²) in [4.78, 5) is 2.15. The normalized spacial score (nSPS) is 12.7. The summed E-state index contributed by atoms with van der Waals surface area (Å²) in [5.74, 6) is 0.560. The topological polar surface area (TPSA) is 44.7 Å². The Morgan fingerprint density at radius 1 is 1.42 bits per heavy atom. The smallest absolute Gasteiger partial charge is 0.162 e. The number of ether oxygens (including phenoxy) is 1. The predicted molar refractivity (Wildman–Crippen MR) is 79.1 cm³/mol. The highest BCUT2D eigenvalue weighted by atomic mass is 35.5. The van der Waals surface area contributed by atoms with Crippen LogP contribution in [0.1, 0.15) is 18.9 Å². The van der Waals surface area contributed by atoms with Gasteiger partial charge in [-0.05, 0) is 40.1 Å². The monoisotopic (exact) mass is 286 g/mol. The fourth-order valence-electron chi connectivity index (χ4n) is 1.76. The van der Waals surface area contributed by atoms with Crippen LogP contribution in [-0.2, 0) is 6.54 Å². The Bertz CT molecular complexity index is 411. The molecule has 1 aromatic carbocycles. The minimum Gasteiger partial charge on any atom is -0.504 e. The average Bonchev–Trinajstić information content (AvgIpc) is 2.36. The summed E-state index contributed by atoms with van der Waals surface area (Å²) in [6.45, 7) is 3.72. The second-order valence-corrected chi connectivity index (χ2v) is 5.43. The number of rotatable bonds is 7. The fraction of sp³-hybridized carbons (Fsp3) is 0.571. The molecule has 2 N–H and O–H groups in total. The fourth-order valence-corrected chi connectivity index (χ4v) is 1.99. The van der Waals surface area contributed by atoms with Crippen molar-refractivity contribution in [3.05, 3.63) is 22.7 Å². The number of nitrogens with one attached hydrogen (secondary N) is 1. The van der Waals surface area contributed by atoms with E-state index >= 15 is 0 Å². The van der Waals surface area contributed by atoms with E-state index < -0.39 is 0 Å². The summed E-state index contributed by atoms with van der Waals surface area (Å²) < 4.78 is 5.08. The Kier molecular flexibility index (Phi) is 6.42. The molecular formula is C14H23ClN2O2. The van der Waals surface area contributed by atoms with Crippen molar-refractivity contribution in [3.63, 3.8) is 0 Å². The highest BCUT2D eigenvalue weighted by molar-refractivity contribution is 6.30. The molecule has 0 amide bonds. The zero-order chi connectivity index (χ0) is 14.4. The Labute approximate surface area is 120 Å². The lowest BCUT2D eigenvalue weighted by atomic mass is 10.1. The first kappa shape index (κ1) is 16.1. The van der Waals surface area contributed by atoms with E-state index in [9.17, 15) is 5.11 Å². The quantitative estimate of drug-likeness (QED) is 0.808. The molecule has 0 bridgehead atoms. The van der Waals surface area contributed by atoms with Gasteiger partial charge in [-0.3, -0.25) is 0 Å². The van der Waals surface area contributed by atoms with Crippen LogP contribution in [0.2, 0.25) is 5.02 Å². The van der Waals surface area contributed by atoms with E-state index in [0.717, 1.165) is 18.5 Å². The maximum absolute atomic E-state index is 10.0. The molecule has 0 spiro atoms. The van der Waals surface area contributed by atoms with Crippen LogP contribution in [0.15, 0.2) is 12.1 Å². The maximum Gasteiger partial charge on any atom is 0.162 e. The van der Waals surface area contributed by atoms with Gasteiger partial charge >= 0.3 is 0 Å². The van der Waals surface area contributed by atoms with Gasteiger partial charge in [-0.25, -0.2) is 0 Å². The molecule has 0 aliphatic rings. The molecular weight excluding hydrogens is 264 g/mol. The lowest BCUT2D eigenvalue weighted by Gasteiger charge is -2.17. The molecule has 1 aromatic rings. The molecule has 0 saturated carbocycles. The van der Waals surface area contributed by atoms with Crippen LogP contribution in [0.4, 0.5) is 0 Å². The highest BCUT2D eigenvalue weighted by Crippen LogP contribution is 2.33. The molecule has 0 aromatic heterocycles. The van der Waals surface area contributed by atoms with E-state index in [1.165, 1.54) is 7.11 Å². The van der Waals surface area contributed by atoms with Gasteiger partial charge in [-0.2, -0.15) is 0 Å². The second-order valence-electron chi connectivity index (χ2n) is 4.99. The Morgan fingerprint density at radius 3 is 2.68 bits per heavy atom. The summed E-state index contributed by atoms with van der Waals surface area (Å²) in [5.41, 5.74) is 0.751. The number of hydrogen-bond acceptors (Lipinski definition) is 4. The molecule has 0 heterocycles. The first-order valence-corrected chi connectivity index (χ1v) is 6.75. The van der Waals surface area contributed by atoms with Gasteiger partial charge in [0.25, 0.3) is 0 Å². The van der Waals surface area contributed by atoms with Crippen LogP contribution in [0.5, 0.6) is 11.5 Å². The van der Waals surface area contributed by atoms with Crippen LogP contribution in [-0.4, -0.2) is 43.8 Å². The SMILES string of the molecule is COc1cc(Cl)cc(CNC(C)CCN(C)C)c1O. The number of halogens is 1. The summed E-state index contributed by atoms with van der Waals surface area (Å²) in [6.07, 6.45) is 1.05. The van der Waals surface area contributed by atoms with Crippen LogP contribution in [0.3, 0.4) is 0 Å². The molecule has 0 radical (unpaired) electrons. The highest BCUT2D eigenvalue weighted by Gasteiger charge is 2.11. The van der Waals surface area contributed by atoms with Crippen molar-refractivity contribution in [1.82, 2.24) is 10.2 Å². The van der Waals surface area contributed by atoms with E-state index in [2.05, 4.69) is 31.2 Å². The van der Waals surface area contributed by atoms with E-state index in [-0.39, 0.29) is 5.75 Å². The molecule has 4 nitrogen and oxygen atoms in total. The molecule has 19 heavy (non-hydrogen) atoms. The maximum atomic E-state index is 10.0. The summed E-state index contributed by atoms with van der Waals surface area (Å²) in [5, 5.41) is 13.9. The van der Waals surface area contributed by atoms with Gasteiger partial charge in [0, 0.05) is 29.2 Å². The Balaban J connectivity index is 2.60. The molecule has 0 saturated heterocycles. The first-order chi connectivity index (χ1) is 8.93. The minimum absolute atomic E-state index is 0.152. The third kappa shape index (κ3) is 5.27. The molecule has 5 heteroatoms. The van der Waals surface area contributed by atoms with Gasteiger partial charge < -0.3 is 20.1 Å². The number of phenolic OH excluding ortho intramolecular Hbond substituents is 1. The van der Waals surface area contributed by atoms with Crippen molar-refractivity contribution >= 4 is 11.6 Å². The lowest BCUT2D eigenvalue weighted by molar-refractivity contribution is 0.358. The van der Waals surface area contributed by atoms with Gasteiger partial charge in [-0.1, -0.05) is 11.6 Å². The molecule has 1 unspecified atom stereocenters. The third-order valence-corrected chi connectivity index (χ3v) is 3.21.